The van der Waals surface area contributed by atoms with E-state index in [1.165, 1.54) is 12.1 Å². The van der Waals surface area contributed by atoms with Gasteiger partial charge in [-0.3, -0.25) is 0 Å². The summed E-state index contributed by atoms with van der Waals surface area (Å²) in [5.41, 5.74) is 3.99. The van der Waals surface area contributed by atoms with Crippen molar-refractivity contribution in [2.24, 2.45) is 5.73 Å². The lowest BCUT2D eigenvalue weighted by molar-refractivity contribution is -0.140. The Morgan fingerprint density at radius 3 is 2.28 bits per heavy atom. The molecule has 1 aliphatic rings. The molecule has 1 aromatic rings. The van der Waals surface area contributed by atoms with E-state index in [-0.39, 0.29) is 12.1 Å². The van der Waals surface area contributed by atoms with Crippen molar-refractivity contribution in [2.75, 3.05) is 6.54 Å². The Bertz CT molecular complexity index is 433. The first-order valence-corrected chi connectivity index (χ1v) is 5.97. The topological polar surface area (TPSA) is 26.0 Å². The number of halogens is 4. The van der Waals surface area contributed by atoms with E-state index in [0.29, 0.717) is 12.8 Å². The zero-order valence-electron chi connectivity index (χ0n) is 9.86. The van der Waals surface area contributed by atoms with Crippen LogP contribution < -0.4 is 5.73 Å². The first-order valence-electron chi connectivity index (χ1n) is 5.97. The minimum Gasteiger partial charge on any atom is -0.330 e. The summed E-state index contributed by atoms with van der Waals surface area (Å²) < 4.78 is 52.1. The number of hydrogen-bond donors (Lipinski definition) is 1. The van der Waals surface area contributed by atoms with E-state index < -0.39 is 23.0 Å². The summed E-state index contributed by atoms with van der Waals surface area (Å²) in [5.74, 6) is -1.16. The van der Waals surface area contributed by atoms with Crippen LogP contribution in [0.1, 0.15) is 36.8 Å². The van der Waals surface area contributed by atoms with Crippen LogP contribution in [0.15, 0.2) is 18.2 Å². The Hall–Kier alpha value is -1.10. The highest BCUT2D eigenvalue weighted by Crippen LogP contribution is 2.43. The molecular weight excluding hydrogens is 246 g/mol. The van der Waals surface area contributed by atoms with Crippen molar-refractivity contribution in [3.05, 3.63) is 35.1 Å². The molecule has 0 amide bonds. The minimum atomic E-state index is -4.66. The Morgan fingerprint density at radius 1 is 1.17 bits per heavy atom. The normalized spacial score (nSPS) is 19.2. The summed E-state index contributed by atoms with van der Waals surface area (Å²) in [6, 6.07) is 3.47. The Balaban J connectivity index is 2.52. The van der Waals surface area contributed by atoms with E-state index in [9.17, 15) is 17.6 Å². The van der Waals surface area contributed by atoms with Gasteiger partial charge in [-0.05, 0) is 24.5 Å². The van der Waals surface area contributed by atoms with Crippen LogP contribution in [0.3, 0.4) is 0 Å². The molecule has 0 atom stereocenters. The van der Waals surface area contributed by atoms with E-state index in [0.717, 1.165) is 18.9 Å². The Kier molecular flexibility index (Phi) is 3.36. The van der Waals surface area contributed by atoms with E-state index >= 15 is 0 Å². The maximum atomic E-state index is 14.1. The van der Waals surface area contributed by atoms with Gasteiger partial charge in [-0.1, -0.05) is 25.0 Å². The van der Waals surface area contributed by atoms with Crippen LogP contribution in [0.25, 0.3) is 0 Å². The molecule has 0 saturated heterocycles. The van der Waals surface area contributed by atoms with Gasteiger partial charge >= 0.3 is 6.18 Å². The van der Waals surface area contributed by atoms with E-state index in [2.05, 4.69) is 0 Å². The van der Waals surface area contributed by atoms with Gasteiger partial charge in [0.1, 0.15) is 5.82 Å². The molecule has 0 radical (unpaired) electrons. The summed E-state index contributed by atoms with van der Waals surface area (Å²) in [6.45, 7) is 0.186. The molecule has 2 N–H and O–H groups in total. The van der Waals surface area contributed by atoms with Gasteiger partial charge in [0.2, 0.25) is 0 Å². The van der Waals surface area contributed by atoms with Crippen LogP contribution in [-0.4, -0.2) is 6.54 Å². The maximum absolute atomic E-state index is 14.1. The van der Waals surface area contributed by atoms with Gasteiger partial charge in [0.15, 0.2) is 0 Å². The largest absolute Gasteiger partial charge is 0.419 e. The van der Waals surface area contributed by atoms with Crippen molar-refractivity contribution in [1.82, 2.24) is 0 Å². The molecule has 0 spiro atoms. The molecule has 1 nitrogen and oxygen atoms in total. The van der Waals surface area contributed by atoms with Crippen molar-refractivity contribution < 1.29 is 17.6 Å². The highest BCUT2D eigenvalue weighted by molar-refractivity contribution is 5.35. The number of benzene rings is 1. The zero-order chi connectivity index (χ0) is 13.4. The third-order valence-corrected chi connectivity index (χ3v) is 3.83. The smallest absolute Gasteiger partial charge is 0.330 e. The second kappa shape index (κ2) is 4.53. The maximum Gasteiger partial charge on any atom is 0.419 e. The fourth-order valence-corrected chi connectivity index (χ4v) is 2.80. The standard InChI is InChI=1S/C13H15F4N/c14-11-9(12(8-18)6-1-2-7-12)4-3-5-10(11)13(15,16)17/h3-5H,1-2,6-8,18H2. The number of nitrogens with two attached hydrogens (primary N) is 1. The van der Waals surface area contributed by atoms with Crippen molar-refractivity contribution in [1.29, 1.82) is 0 Å². The van der Waals surface area contributed by atoms with Crippen LogP contribution >= 0.6 is 0 Å². The minimum absolute atomic E-state index is 0.123. The van der Waals surface area contributed by atoms with Gasteiger partial charge in [0.05, 0.1) is 5.56 Å². The molecule has 1 saturated carbocycles. The second-order valence-corrected chi connectivity index (χ2v) is 4.86. The summed E-state index contributed by atoms with van der Waals surface area (Å²) in [5, 5.41) is 0. The molecule has 0 unspecified atom stereocenters. The monoisotopic (exact) mass is 261 g/mol. The quantitative estimate of drug-likeness (QED) is 0.808. The first kappa shape index (κ1) is 13.3. The molecule has 100 valence electrons. The second-order valence-electron chi connectivity index (χ2n) is 4.86. The average molecular weight is 261 g/mol. The Labute approximate surface area is 103 Å². The van der Waals surface area contributed by atoms with Crippen LogP contribution in [-0.2, 0) is 11.6 Å². The van der Waals surface area contributed by atoms with E-state index in [1.54, 1.807) is 0 Å². The highest BCUT2D eigenvalue weighted by Gasteiger charge is 2.41. The summed E-state index contributed by atoms with van der Waals surface area (Å²) in [4.78, 5) is 0. The average Bonchev–Trinajstić information content (AvgIpc) is 2.77. The van der Waals surface area contributed by atoms with Gasteiger partial charge in [0.25, 0.3) is 0 Å². The zero-order valence-corrected chi connectivity index (χ0v) is 9.86. The lowest BCUT2D eigenvalue weighted by atomic mass is 9.78. The number of alkyl halides is 3. The Morgan fingerprint density at radius 2 is 1.78 bits per heavy atom. The number of rotatable bonds is 2. The van der Waals surface area contributed by atoms with Crippen LogP contribution in [0.2, 0.25) is 0 Å². The van der Waals surface area contributed by atoms with Crippen LogP contribution in [0.4, 0.5) is 17.6 Å². The molecule has 1 fully saturated rings. The van der Waals surface area contributed by atoms with Crippen molar-refractivity contribution >= 4 is 0 Å². The molecule has 0 bridgehead atoms. The summed E-state index contributed by atoms with van der Waals surface area (Å²) in [6.07, 6.45) is -1.59. The van der Waals surface area contributed by atoms with Gasteiger partial charge < -0.3 is 5.73 Å². The van der Waals surface area contributed by atoms with E-state index in [4.69, 9.17) is 5.73 Å². The van der Waals surface area contributed by atoms with Crippen molar-refractivity contribution in [2.45, 2.75) is 37.3 Å². The molecule has 0 heterocycles. The molecule has 0 aliphatic heterocycles. The first-order chi connectivity index (χ1) is 8.41. The SMILES string of the molecule is NCC1(c2cccc(C(F)(F)F)c2F)CCCC1. The molecular formula is C13H15F4N. The summed E-state index contributed by atoms with van der Waals surface area (Å²) in [7, 11) is 0. The van der Waals surface area contributed by atoms with Crippen molar-refractivity contribution in [3.63, 3.8) is 0 Å². The molecule has 0 aromatic heterocycles. The van der Waals surface area contributed by atoms with Crippen LogP contribution in [0.5, 0.6) is 0 Å². The predicted molar refractivity (Wildman–Crippen MR) is 60.6 cm³/mol. The highest BCUT2D eigenvalue weighted by atomic mass is 19.4. The fraction of sp³-hybridized carbons (Fsp3) is 0.538. The third-order valence-electron chi connectivity index (χ3n) is 3.83. The fourth-order valence-electron chi connectivity index (χ4n) is 2.80. The van der Waals surface area contributed by atoms with Crippen LogP contribution in [0, 0.1) is 5.82 Å². The lowest BCUT2D eigenvalue weighted by Gasteiger charge is -2.29. The molecule has 5 heteroatoms. The third kappa shape index (κ3) is 2.11. The van der Waals surface area contributed by atoms with Gasteiger partial charge in [-0.2, -0.15) is 13.2 Å². The van der Waals surface area contributed by atoms with Crippen molar-refractivity contribution in [3.8, 4) is 0 Å². The summed E-state index contributed by atoms with van der Waals surface area (Å²) >= 11 is 0. The lowest BCUT2D eigenvalue weighted by Crippen LogP contribution is -2.33. The van der Waals surface area contributed by atoms with Gasteiger partial charge in [-0.15, -0.1) is 0 Å². The van der Waals surface area contributed by atoms with Gasteiger partial charge in [-0.25, -0.2) is 4.39 Å². The molecule has 18 heavy (non-hydrogen) atoms. The molecule has 2 rings (SSSR count). The van der Waals surface area contributed by atoms with E-state index in [1.807, 2.05) is 0 Å². The molecule has 1 aliphatic carbocycles. The number of hydrogen-bond acceptors (Lipinski definition) is 1. The van der Waals surface area contributed by atoms with Gasteiger partial charge in [0, 0.05) is 12.0 Å². The molecule has 1 aromatic carbocycles. The predicted octanol–water partition coefficient (Wildman–Crippen LogP) is 3.62.